The van der Waals surface area contributed by atoms with Crippen molar-refractivity contribution in [1.29, 1.82) is 0 Å². The Morgan fingerprint density at radius 3 is 2.38 bits per heavy atom. The first-order chi connectivity index (χ1) is 13.6. The second kappa shape index (κ2) is 9.47. The van der Waals surface area contributed by atoms with E-state index in [4.69, 9.17) is 4.74 Å². The van der Waals surface area contributed by atoms with Crippen molar-refractivity contribution >= 4 is 33.2 Å². The van der Waals surface area contributed by atoms with Crippen LogP contribution in [0.1, 0.15) is 34.3 Å². The van der Waals surface area contributed by atoms with Crippen LogP contribution < -0.4 is 5.32 Å². The summed E-state index contributed by atoms with van der Waals surface area (Å²) in [5.41, 5.74) is 2.46. The Labute approximate surface area is 170 Å². The highest BCUT2D eigenvalue weighted by Crippen LogP contribution is 2.20. The Bertz CT molecular complexity index is 1040. The van der Waals surface area contributed by atoms with E-state index in [1.165, 1.54) is 12.1 Å². The molecule has 7 nitrogen and oxygen atoms in total. The van der Waals surface area contributed by atoms with E-state index in [2.05, 4.69) is 5.32 Å². The summed E-state index contributed by atoms with van der Waals surface area (Å²) in [6.07, 6.45) is 0.853. The molecule has 1 N–H and O–H groups in total. The van der Waals surface area contributed by atoms with Crippen molar-refractivity contribution in [2.45, 2.75) is 31.6 Å². The van der Waals surface area contributed by atoms with Gasteiger partial charge in [0.25, 0.3) is 5.91 Å². The number of esters is 1. The lowest BCUT2D eigenvalue weighted by molar-refractivity contribution is -0.147. The smallest absolute Gasteiger partial charge is 0.306 e. The molecule has 0 atom stereocenters. The van der Waals surface area contributed by atoms with E-state index in [-0.39, 0.29) is 29.2 Å². The van der Waals surface area contributed by atoms with Gasteiger partial charge in [-0.2, -0.15) is 0 Å². The van der Waals surface area contributed by atoms with Crippen molar-refractivity contribution < 1.29 is 27.5 Å². The third-order valence-corrected chi connectivity index (χ3v) is 5.33. The molecule has 0 aliphatic carbocycles. The lowest BCUT2D eigenvalue weighted by Crippen LogP contribution is -2.22. The second-order valence-electron chi connectivity index (χ2n) is 6.72. The number of amides is 1. The Balaban J connectivity index is 1.86. The summed E-state index contributed by atoms with van der Waals surface area (Å²) in [6, 6.07) is 11.5. The number of Topliss-reactive ketones (excluding diaryl/α,β-unsaturated/α-hetero) is 1. The molecule has 8 heteroatoms. The monoisotopic (exact) mass is 417 g/mol. The lowest BCUT2D eigenvalue weighted by atomic mass is 9.99. The van der Waals surface area contributed by atoms with Crippen LogP contribution in [0.25, 0.3) is 0 Å². The van der Waals surface area contributed by atoms with Crippen LogP contribution in [-0.2, 0) is 24.2 Å². The third kappa shape index (κ3) is 6.53. The minimum atomic E-state index is -3.52. The van der Waals surface area contributed by atoms with Gasteiger partial charge in [0.15, 0.2) is 22.2 Å². The zero-order chi connectivity index (χ0) is 21.6. The molecule has 0 spiro atoms. The standard InChI is InChI=1S/C21H23NO6S/c1-14-8-9-15(2)16(12-14)18(23)10-11-21(25)28-13-20(24)22-17-6-4-5-7-19(17)29(3,26)27/h4-9,12H,10-11,13H2,1-3H3,(H,22,24). The molecular weight excluding hydrogens is 394 g/mol. The highest BCUT2D eigenvalue weighted by molar-refractivity contribution is 7.90. The van der Waals surface area contributed by atoms with Gasteiger partial charge in [-0.1, -0.05) is 29.8 Å². The van der Waals surface area contributed by atoms with E-state index in [1.807, 2.05) is 26.0 Å². The predicted octanol–water partition coefficient (Wildman–Crippen LogP) is 2.85. The van der Waals surface area contributed by atoms with Gasteiger partial charge in [-0.25, -0.2) is 8.42 Å². The highest BCUT2D eigenvalue weighted by Gasteiger charge is 2.16. The van der Waals surface area contributed by atoms with Crippen LogP contribution in [0.5, 0.6) is 0 Å². The number of benzene rings is 2. The van der Waals surface area contributed by atoms with Crippen molar-refractivity contribution in [2.75, 3.05) is 18.2 Å². The van der Waals surface area contributed by atoms with Crippen molar-refractivity contribution in [3.05, 3.63) is 59.2 Å². The van der Waals surface area contributed by atoms with Gasteiger partial charge < -0.3 is 10.1 Å². The number of nitrogens with one attached hydrogen (secondary N) is 1. The Kier molecular flexibility index (Phi) is 7.28. The second-order valence-corrected chi connectivity index (χ2v) is 8.70. The van der Waals surface area contributed by atoms with Crippen LogP contribution in [0.4, 0.5) is 5.69 Å². The van der Waals surface area contributed by atoms with Crippen molar-refractivity contribution in [2.24, 2.45) is 0 Å². The molecule has 0 aliphatic heterocycles. The summed E-state index contributed by atoms with van der Waals surface area (Å²) in [6.45, 7) is 3.13. The van der Waals surface area contributed by atoms with E-state index in [1.54, 1.807) is 18.2 Å². The Hall–Kier alpha value is -3.00. The Morgan fingerprint density at radius 1 is 1.00 bits per heavy atom. The van der Waals surface area contributed by atoms with Crippen LogP contribution in [0.15, 0.2) is 47.4 Å². The summed E-state index contributed by atoms with van der Waals surface area (Å²) < 4.78 is 28.4. The van der Waals surface area contributed by atoms with E-state index >= 15 is 0 Å². The molecule has 0 aromatic heterocycles. The van der Waals surface area contributed by atoms with Gasteiger partial charge in [-0.15, -0.1) is 0 Å². The fourth-order valence-electron chi connectivity index (χ4n) is 2.68. The number of anilines is 1. The van der Waals surface area contributed by atoms with Crippen LogP contribution in [-0.4, -0.2) is 38.9 Å². The summed E-state index contributed by atoms with van der Waals surface area (Å²) in [4.78, 5) is 36.1. The van der Waals surface area contributed by atoms with Gasteiger partial charge in [0, 0.05) is 18.2 Å². The van der Waals surface area contributed by atoms with Gasteiger partial charge in [0.05, 0.1) is 17.0 Å². The predicted molar refractivity (Wildman–Crippen MR) is 109 cm³/mol. The number of hydrogen-bond donors (Lipinski definition) is 1. The maximum Gasteiger partial charge on any atom is 0.306 e. The van der Waals surface area contributed by atoms with Gasteiger partial charge in [-0.05, 0) is 37.6 Å². The topological polar surface area (TPSA) is 107 Å². The molecule has 0 fully saturated rings. The highest BCUT2D eigenvalue weighted by atomic mass is 32.2. The van der Waals surface area contributed by atoms with Gasteiger partial charge >= 0.3 is 5.97 Å². The fraction of sp³-hybridized carbons (Fsp3) is 0.286. The van der Waals surface area contributed by atoms with Gasteiger partial charge in [0.2, 0.25) is 0 Å². The van der Waals surface area contributed by atoms with E-state index in [0.717, 1.165) is 17.4 Å². The Morgan fingerprint density at radius 2 is 1.69 bits per heavy atom. The molecule has 0 saturated carbocycles. The number of ether oxygens (including phenoxy) is 1. The molecule has 0 aliphatic rings. The summed E-state index contributed by atoms with van der Waals surface area (Å²) in [5, 5.41) is 2.41. The number of sulfone groups is 1. The quantitative estimate of drug-likeness (QED) is 0.523. The molecule has 1 amide bonds. The van der Waals surface area contributed by atoms with Gasteiger partial charge in [0.1, 0.15) is 0 Å². The zero-order valence-electron chi connectivity index (χ0n) is 16.5. The number of rotatable bonds is 8. The average Bonchev–Trinajstić information content (AvgIpc) is 2.66. The SMILES string of the molecule is Cc1ccc(C)c(C(=O)CCC(=O)OCC(=O)Nc2ccccc2S(C)(=O)=O)c1. The van der Waals surface area contributed by atoms with Crippen molar-refractivity contribution in [3.8, 4) is 0 Å². The van der Waals surface area contributed by atoms with E-state index < -0.39 is 28.3 Å². The summed E-state index contributed by atoms with van der Waals surface area (Å²) >= 11 is 0. The molecule has 2 aromatic rings. The van der Waals surface area contributed by atoms with Crippen LogP contribution in [0, 0.1) is 13.8 Å². The molecule has 0 bridgehead atoms. The molecule has 154 valence electrons. The van der Waals surface area contributed by atoms with Crippen LogP contribution in [0.2, 0.25) is 0 Å². The zero-order valence-corrected chi connectivity index (χ0v) is 17.3. The molecule has 0 saturated heterocycles. The van der Waals surface area contributed by atoms with Crippen LogP contribution >= 0.6 is 0 Å². The van der Waals surface area contributed by atoms with Crippen LogP contribution in [0.3, 0.4) is 0 Å². The normalized spacial score (nSPS) is 11.0. The molecule has 0 unspecified atom stereocenters. The minimum Gasteiger partial charge on any atom is -0.456 e. The molecule has 2 rings (SSSR count). The number of para-hydroxylation sites is 1. The first-order valence-corrected chi connectivity index (χ1v) is 10.8. The van der Waals surface area contributed by atoms with Gasteiger partial charge in [-0.3, -0.25) is 14.4 Å². The lowest BCUT2D eigenvalue weighted by Gasteiger charge is -2.10. The number of hydrogen-bond acceptors (Lipinski definition) is 6. The number of carbonyl (C=O) groups excluding carboxylic acids is 3. The number of ketones is 1. The average molecular weight is 417 g/mol. The summed E-state index contributed by atoms with van der Waals surface area (Å²) in [7, 11) is -3.52. The van der Waals surface area contributed by atoms with Crippen molar-refractivity contribution in [1.82, 2.24) is 0 Å². The largest absolute Gasteiger partial charge is 0.456 e. The maximum absolute atomic E-state index is 12.3. The fourth-order valence-corrected chi connectivity index (χ4v) is 3.53. The van der Waals surface area contributed by atoms with Crippen molar-refractivity contribution in [3.63, 3.8) is 0 Å². The first kappa shape index (κ1) is 22.3. The number of aryl methyl sites for hydroxylation is 2. The number of carbonyl (C=O) groups is 3. The maximum atomic E-state index is 12.3. The first-order valence-electron chi connectivity index (χ1n) is 8.93. The van der Waals surface area contributed by atoms with E-state index in [9.17, 15) is 22.8 Å². The molecule has 0 radical (unpaired) electrons. The van der Waals surface area contributed by atoms with E-state index in [0.29, 0.717) is 5.56 Å². The molecular formula is C21H23NO6S. The third-order valence-electron chi connectivity index (χ3n) is 4.17. The molecule has 29 heavy (non-hydrogen) atoms. The molecule has 2 aromatic carbocycles. The minimum absolute atomic E-state index is 0.0261. The summed E-state index contributed by atoms with van der Waals surface area (Å²) in [5.74, 6) is -1.53. The molecule has 0 heterocycles.